The van der Waals surface area contributed by atoms with Crippen LogP contribution in [0.25, 0.3) is 0 Å². The molecular weight excluding hydrogens is 319 g/mol. The zero-order valence-electron chi connectivity index (χ0n) is 10.9. The van der Waals surface area contributed by atoms with E-state index in [1.807, 2.05) is 13.8 Å². The van der Waals surface area contributed by atoms with Crippen LogP contribution in [0.1, 0.15) is 37.4 Å². The minimum Gasteiger partial charge on any atom is -0.310 e. The van der Waals surface area contributed by atoms with Gasteiger partial charge in [0, 0.05) is 10.5 Å². The van der Waals surface area contributed by atoms with Crippen LogP contribution in [0.5, 0.6) is 0 Å². The first-order chi connectivity index (χ1) is 8.75. The highest BCUT2D eigenvalue weighted by Gasteiger charge is 2.35. The maximum Gasteiger partial charge on any atom is 0.416 e. The van der Waals surface area contributed by atoms with Crippen LogP contribution in [0.3, 0.4) is 0 Å². The van der Waals surface area contributed by atoms with E-state index >= 15 is 0 Å². The molecular formula is C14H17BrF3N. The molecule has 0 aliphatic rings. The summed E-state index contributed by atoms with van der Waals surface area (Å²) in [5.41, 5.74) is 0.511. The molecule has 0 saturated heterocycles. The second-order valence-electron chi connectivity index (χ2n) is 4.50. The molecule has 1 aromatic carbocycles. The Morgan fingerprint density at radius 1 is 1.42 bits per heavy atom. The maximum atomic E-state index is 13.1. The van der Waals surface area contributed by atoms with Crippen LogP contribution in [0, 0.1) is 0 Å². The van der Waals surface area contributed by atoms with Crippen molar-refractivity contribution in [3.05, 3.63) is 46.0 Å². The number of hydrogen-bond acceptors (Lipinski definition) is 1. The Labute approximate surface area is 120 Å². The first-order valence-corrected chi connectivity index (χ1v) is 6.79. The van der Waals surface area contributed by atoms with Crippen molar-refractivity contribution in [2.24, 2.45) is 0 Å². The van der Waals surface area contributed by atoms with Gasteiger partial charge in [-0.3, -0.25) is 0 Å². The van der Waals surface area contributed by atoms with E-state index in [4.69, 9.17) is 0 Å². The van der Waals surface area contributed by atoms with Crippen LogP contribution in [-0.4, -0.2) is 6.54 Å². The summed E-state index contributed by atoms with van der Waals surface area (Å²) in [5.74, 6) is 0. The lowest BCUT2D eigenvalue weighted by Crippen LogP contribution is -2.24. The predicted octanol–water partition coefficient (Wildman–Crippen LogP) is 5.08. The molecule has 1 aromatic rings. The Morgan fingerprint density at radius 2 is 2.05 bits per heavy atom. The van der Waals surface area contributed by atoms with E-state index in [0.29, 0.717) is 17.4 Å². The van der Waals surface area contributed by atoms with Crippen LogP contribution in [0.15, 0.2) is 34.8 Å². The molecule has 5 heteroatoms. The van der Waals surface area contributed by atoms with E-state index in [2.05, 4.69) is 27.8 Å². The highest BCUT2D eigenvalue weighted by molar-refractivity contribution is 9.10. The summed E-state index contributed by atoms with van der Waals surface area (Å²) in [6.45, 7) is 8.07. The third-order valence-corrected chi connectivity index (χ3v) is 3.19. The zero-order valence-corrected chi connectivity index (χ0v) is 12.5. The maximum absolute atomic E-state index is 13.1. The van der Waals surface area contributed by atoms with Crippen LogP contribution in [0.2, 0.25) is 0 Å². The van der Waals surface area contributed by atoms with E-state index in [9.17, 15) is 13.2 Å². The van der Waals surface area contributed by atoms with Gasteiger partial charge in [0.2, 0.25) is 0 Å². The van der Waals surface area contributed by atoms with Crippen LogP contribution in [-0.2, 0) is 6.18 Å². The third-order valence-electron chi connectivity index (χ3n) is 2.70. The lowest BCUT2D eigenvalue weighted by molar-refractivity contribution is -0.138. The molecule has 0 amide bonds. The van der Waals surface area contributed by atoms with Crippen molar-refractivity contribution in [1.82, 2.24) is 5.32 Å². The Balaban J connectivity index is 3.25. The molecule has 0 aliphatic carbocycles. The minimum atomic E-state index is -4.36. The van der Waals surface area contributed by atoms with Gasteiger partial charge >= 0.3 is 6.18 Å². The van der Waals surface area contributed by atoms with Crippen molar-refractivity contribution < 1.29 is 13.2 Å². The van der Waals surface area contributed by atoms with E-state index in [-0.39, 0.29) is 11.6 Å². The molecule has 0 spiro atoms. The van der Waals surface area contributed by atoms with Gasteiger partial charge in [0.1, 0.15) is 0 Å². The van der Waals surface area contributed by atoms with Crippen molar-refractivity contribution in [3.63, 3.8) is 0 Å². The van der Waals surface area contributed by atoms with Crippen molar-refractivity contribution in [2.75, 3.05) is 6.54 Å². The summed E-state index contributed by atoms with van der Waals surface area (Å²) >= 11 is 3.09. The number of halogens is 4. The molecule has 0 aliphatic heterocycles. The normalized spacial score (nSPS) is 13.4. The van der Waals surface area contributed by atoms with Gasteiger partial charge in [0.05, 0.1) is 5.56 Å². The van der Waals surface area contributed by atoms with Crippen molar-refractivity contribution in [2.45, 2.75) is 32.5 Å². The van der Waals surface area contributed by atoms with E-state index in [0.717, 1.165) is 11.6 Å². The summed E-state index contributed by atoms with van der Waals surface area (Å²) in [6, 6.07) is 3.90. The van der Waals surface area contributed by atoms with E-state index < -0.39 is 11.7 Å². The molecule has 0 bridgehead atoms. The number of rotatable bonds is 5. The topological polar surface area (TPSA) is 12.0 Å². The predicted molar refractivity (Wildman–Crippen MR) is 75.0 cm³/mol. The van der Waals surface area contributed by atoms with Gasteiger partial charge in [-0.2, -0.15) is 13.2 Å². The molecule has 0 radical (unpaired) electrons. The number of hydrogen-bond donors (Lipinski definition) is 1. The fraction of sp³-hybridized carbons (Fsp3) is 0.429. The Hall–Kier alpha value is -0.810. The Morgan fingerprint density at radius 3 is 2.53 bits per heavy atom. The molecule has 106 valence electrons. The lowest BCUT2D eigenvalue weighted by Gasteiger charge is -2.23. The molecule has 1 nitrogen and oxygen atoms in total. The van der Waals surface area contributed by atoms with Crippen molar-refractivity contribution in [3.8, 4) is 0 Å². The quantitative estimate of drug-likeness (QED) is 0.739. The zero-order chi connectivity index (χ0) is 14.6. The molecule has 0 saturated carbocycles. The van der Waals surface area contributed by atoms with Crippen LogP contribution in [0.4, 0.5) is 13.2 Å². The van der Waals surface area contributed by atoms with Gasteiger partial charge in [0.25, 0.3) is 0 Å². The smallest absolute Gasteiger partial charge is 0.310 e. The third kappa shape index (κ3) is 4.66. The Kier molecular flexibility index (Phi) is 5.62. The Bertz CT molecular complexity index is 454. The SMILES string of the molecule is C=C(C)CC(NCC)c1ccc(Br)cc1C(F)(F)F. The second kappa shape index (κ2) is 6.57. The average molecular weight is 336 g/mol. The van der Waals surface area contributed by atoms with Gasteiger partial charge in [-0.15, -0.1) is 6.58 Å². The average Bonchev–Trinajstić information content (AvgIpc) is 2.26. The molecule has 1 rings (SSSR count). The first-order valence-electron chi connectivity index (χ1n) is 6.00. The van der Waals surface area contributed by atoms with Gasteiger partial charge in [-0.1, -0.05) is 34.5 Å². The number of nitrogens with one attached hydrogen (secondary N) is 1. The fourth-order valence-electron chi connectivity index (χ4n) is 1.96. The summed E-state index contributed by atoms with van der Waals surface area (Å²) in [5, 5.41) is 3.09. The van der Waals surface area contributed by atoms with Gasteiger partial charge < -0.3 is 5.32 Å². The highest BCUT2D eigenvalue weighted by atomic mass is 79.9. The molecule has 1 atom stereocenters. The van der Waals surface area contributed by atoms with Gasteiger partial charge in [-0.05, 0) is 37.6 Å². The number of alkyl halides is 3. The largest absolute Gasteiger partial charge is 0.416 e. The molecule has 0 heterocycles. The summed E-state index contributed by atoms with van der Waals surface area (Å²) in [4.78, 5) is 0. The summed E-state index contributed by atoms with van der Waals surface area (Å²) < 4.78 is 39.7. The fourth-order valence-corrected chi connectivity index (χ4v) is 2.33. The molecule has 0 aromatic heterocycles. The van der Waals surface area contributed by atoms with Crippen molar-refractivity contribution >= 4 is 15.9 Å². The first kappa shape index (κ1) is 16.2. The second-order valence-corrected chi connectivity index (χ2v) is 5.42. The van der Waals surface area contributed by atoms with Crippen molar-refractivity contribution in [1.29, 1.82) is 0 Å². The lowest BCUT2D eigenvalue weighted by atomic mass is 9.95. The monoisotopic (exact) mass is 335 g/mol. The molecule has 0 fully saturated rings. The molecule has 19 heavy (non-hydrogen) atoms. The minimum absolute atomic E-state index is 0.264. The van der Waals surface area contributed by atoms with Gasteiger partial charge in [0.15, 0.2) is 0 Å². The number of benzene rings is 1. The molecule has 1 unspecified atom stereocenters. The standard InChI is InChI=1S/C14H17BrF3N/c1-4-19-13(7-9(2)3)11-6-5-10(15)8-12(11)14(16,17)18/h5-6,8,13,19H,2,4,7H2,1,3H3. The van der Waals surface area contributed by atoms with E-state index in [1.165, 1.54) is 6.07 Å². The van der Waals surface area contributed by atoms with Crippen LogP contribution >= 0.6 is 15.9 Å². The summed E-state index contributed by atoms with van der Waals surface area (Å²) in [6.07, 6.45) is -3.87. The summed E-state index contributed by atoms with van der Waals surface area (Å²) in [7, 11) is 0. The molecule has 1 N–H and O–H groups in total. The van der Waals surface area contributed by atoms with Crippen LogP contribution < -0.4 is 5.32 Å². The van der Waals surface area contributed by atoms with Gasteiger partial charge in [-0.25, -0.2) is 0 Å². The highest BCUT2D eigenvalue weighted by Crippen LogP contribution is 2.37. The van der Waals surface area contributed by atoms with E-state index in [1.54, 1.807) is 6.07 Å².